The molecule has 1 aliphatic carbocycles. The van der Waals surface area contributed by atoms with Gasteiger partial charge < -0.3 is 15.0 Å². The Hall–Kier alpha value is -3.67. The van der Waals surface area contributed by atoms with Gasteiger partial charge in [-0.15, -0.1) is 0 Å². The maximum absolute atomic E-state index is 13.4. The second-order valence-corrected chi connectivity index (χ2v) is 9.84. The lowest BCUT2D eigenvalue weighted by molar-refractivity contribution is -0.134. The maximum atomic E-state index is 13.4. The van der Waals surface area contributed by atoms with Crippen molar-refractivity contribution >= 4 is 11.8 Å². The summed E-state index contributed by atoms with van der Waals surface area (Å²) in [5.41, 5.74) is 5.16. The quantitative estimate of drug-likeness (QED) is 0.505. The van der Waals surface area contributed by atoms with Gasteiger partial charge in [0.1, 0.15) is 11.6 Å². The molecule has 186 valence electrons. The van der Waals surface area contributed by atoms with Crippen LogP contribution in [0.3, 0.4) is 0 Å². The van der Waals surface area contributed by atoms with Crippen molar-refractivity contribution in [2.75, 3.05) is 6.54 Å². The highest BCUT2D eigenvalue weighted by atomic mass is 19.1. The van der Waals surface area contributed by atoms with E-state index in [9.17, 15) is 14.0 Å². The Kier molecular flexibility index (Phi) is 6.77. The normalized spacial score (nSPS) is 17.8. The van der Waals surface area contributed by atoms with Crippen molar-refractivity contribution in [3.05, 3.63) is 100 Å². The molecule has 2 atom stereocenters. The second-order valence-electron chi connectivity index (χ2n) is 9.84. The predicted octanol–water partition coefficient (Wildman–Crippen LogP) is 5.10. The minimum absolute atomic E-state index is 0.139. The zero-order valence-electron chi connectivity index (χ0n) is 20.7. The van der Waals surface area contributed by atoms with Gasteiger partial charge in [-0.2, -0.15) is 0 Å². The van der Waals surface area contributed by atoms with Crippen LogP contribution < -0.4 is 10.1 Å². The van der Waals surface area contributed by atoms with Gasteiger partial charge in [-0.05, 0) is 79.6 Å². The van der Waals surface area contributed by atoms with Crippen LogP contribution in [0.2, 0.25) is 0 Å². The number of hydrogen-bond acceptors (Lipinski definition) is 3. The molecule has 0 aromatic heterocycles. The SMILES string of the molecule is Cc1cccc([C@@H]2c3cc(O[C@H](C)C(=O)NCc4cccc(F)c4)ccc3CCN2C(=O)C2CC2)c1. The molecule has 1 N–H and O–H groups in total. The van der Waals surface area contributed by atoms with Crippen LogP contribution in [0.15, 0.2) is 66.7 Å². The van der Waals surface area contributed by atoms with E-state index in [1.54, 1.807) is 19.1 Å². The van der Waals surface area contributed by atoms with Gasteiger partial charge in [0.05, 0.1) is 6.04 Å². The fourth-order valence-corrected chi connectivity index (χ4v) is 4.91. The number of fused-ring (bicyclic) bond motifs is 1. The number of ether oxygens (including phenoxy) is 1. The van der Waals surface area contributed by atoms with Crippen molar-refractivity contribution in [2.24, 2.45) is 5.92 Å². The van der Waals surface area contributed by atoms with Crippen molar-refractivity contribution < 1.29 is 18.7 Å². The lowest BCUT2D eigenvalue weighted by Crippen LogP contribution is -2.41. The Morgan fingerprint density at radius 3 is 2.64 bits per heavy atom. The van der Waals surface area contributed by atoms with Crippen LogP contribution in [-0.2, 0) is 22.6 Å². The lowest BCUT2D eigenvalue weighted by atomic mass is 9.87. The van der Waals surface area contributed by atoms with Gasteiger partial charge in [0, 0.05) is 19.0 Å². The molecule has 2 amide bonds. The molecule has 5 nitrogen and oxygen atoms in total. The molecule has 36 heavy (non-hydrogen) atoms. The number of halogens is 1. The summed E-state index contributed by atoms with van der Waals surface area (Å²) in [6.07, 6.45) is 1.99. The summed E-state index contributed by atoms with van der Waals surface area (Å²) in [6.45, 7) is 4.67. The van der Waals surface area contributed by atoms with E-state index in [1.165, 1.54) is 17.7 Å². The summed E-state index contributed by atoms with van der Waals surface area (Å²) < 4.78 is 19.4. The molecule has 0 unspecified atom stereocenters. The minimum Gasteiger partial charge on any atom is -0.481 e. The first-order valence-electron chi connectivity index (χ1n) is 12.6. The van der Waals surface area contributed by atoms with E-state index in [0.29, 0.717) is 17.9 Å². The maximum Gasteiger partial charge on any atom is 0.261 e. The second kappa shape index (κ2) is 10.1. The molecular formula is C30H31FN2O3. The Morgan fingerprint density at radius 2 is 1.89 bits per heavy atom. The van der Waals surface area contributed by atoms with Crippen LogP contribution in [0.25, 0.3) is 0 Å². The van der Waals surface area contributed by atoms with Gasteiger partial charge >= 0.3 is 0 Å². The molecule has 1 saturated carbocycles. The van der Waals surface area contributed by atoms with E-state index < -0.39 is 6.10 Å². The number of nitrogens with one attached hydrogen (secondary N) is 1. The predicted molar refractivity (Wildman–Crippen MR) is 136 cm³/mol. The first kappa shape index (κ1) is 24.0. The van der Waals surface area contributed by atoms with E-state index in [-0.39, 0.29) is 36.1 Å². The lowest BCUT2D eigenvalue weighted by Gasteiger charge is -2.38. The summed E-state index contributed by atoms with van der Waals surface area (Å²) in [5, 5.41) is 2.81. The number of nitrogens with zero attached hydrogens (tertiary/aromatic N) is 1. The van der Waals surface area contributed by atoms with E-state index in [4.69, 9.17) is 4.74 Å². The average molecular weight is 487 g/mol. The van der Waals surface area contributed by atoms with Crippen molar-refractivity contribution in [3.8, 4) is 5.75 Å². The summed E-state index contributed by atoms with van der Waals surface area (Å²) in [6, 6.07) is 20.2. The molecule has 1 fully saturated rings. The topological polar surface area (TPSA) is 58.6 Å². The van der Waals surface area contributed by atoms with Gasteiger partial charge in [0.25, 0.3) is 5.91 Å². The molecule has 3 aromatic rings. The van der Waals surface area contributed by atoms with Gasteiger partial charge in [0.15, 0.2) is 6.10 Å². The van der Waals surface area contributed by atoms with Gasteiger partial charge in [-0.25, -0.2) is 4.39 Å². The first-order valence-corrected chi connectivity index (χ1v) is 12.6. The van der Waals surface area contributed by atoms with Crippen LogP contribution >= 0.6 is 0 Å². The molecule has 2 aliphatic rings. The number of hydrogen-bond donors (Lipinski definition) is 1. The highest BCUT2D eigenvalue weighted by Crippen LogP contribution is 2.41. The number of carbonyl (C=O) groups excluding carboxylic acids is 2. The van der Waals surface area contributed by atoms with Crippen LogP contribution in [0, 0.1) is 18.7 Å². The zero-order chi connectivity index (χ0) is 25.2. The van der Waals surface area contributed by atoms with Crippen LogP contribution in [0.1, 0.15) is 53.6 Å². The van der Waals surface area contributed by atoms with E-state index in [0.717, 1.165) is 36.0 Å². The third kappa shape index (κ3) is 5.27. The fourth-order valence-electron chi connectivity index (χ4n) is 4.91. The molecule has 1 aliphatic heterocycles. The smallest absolute Gasteiger partial charge is 0.261 e. The largest absolute Gasteiger partial charge is 0.481 e. The Morgan fingerprint density at radius 1 is 1.08 bits per heavy atom. The molecule has 0 radical (unpaired) electrons. The molecule has 3 aromatic carbocycles. The van der Waals surface area contributed by atoms with Gasteiger partial charge in [-0.1, -0.05) is 48.0 Å². The first-order chi connectivity index (χ1) is 17.4. The minimum atomic E-state index is -0.734. The highest BCUT2D eigenvalue weighted by molar-refractivity contribution is 5.82. The third-order valence-electron chi connectivity index (χ3n) is 6.95. The van der Waals surface area contributed by atoms with Crippen LogP contribution in [0.5, 0.6) is 5.75 Å². The summed E-state index contributed by atoms with van der Waals surface area (Å²) in [4.78, 5) is 27.9. The van der Waals surface area contributed by atoms with Crippen LogP contribution in [0.4, 0.5) is 4.39 Å². The summed E-state index contributed by atoms with van der Waals surface area (Å²) >= 11 is 0. The van der Waals surface area contributed by atoms with E-state index in [2.05, 4.69) is 30.4 Å². The monoisotopic (exact) mass is 486 g/mol. The van der Waals surface area contributed by atoms with Crippen LogP contribution in [-0.4, -0.2) is 29.4 Å². The molecular weight excluding hydrogens is 455 g/mol. The number of benzene rings is 3. The van der Waals surface area contributed by atoms with Crippen molar-refractivity contribution in [1.82, 2.24) is 10.2 Å². The standard InChI is InChI=1S/C30H31FN2O3/c1-19-5-3-7-24(15-19)28-27-17-26(12-11-22(27)13-14-33(28)30(35)23-9-10-23)36-20(2)29(34)32-18-21-6-4-8-25(31)16-21/h3-8,11-12,15-17,20,23,28H,9-10,13-14,18H2,1-2H3,(H,32,34)/t20-,28-/m1/s1. The molecule has 0 saturated heterocycles. The highest BCUT2D eigenvalue weighted by Gasteiger charge is 2.39. The number of rotatable bonds is 7. The Labute approximate surface area is 211 Å². The zero-order valence-corrected chi connectivity index (χ0v) is 20.7. The fraction of sp³-hybridized carbons (Fsp3) is 0.333. The van der Waals surface area contributed by atoms with Gasteiger partial charge in [-0.3, -0.25) is 9.59 Å². The summed E-state index contributed by atoms with van der Waals surface area (Å²) in [7, 11) is 0. The van der Waals surface area contributed by atoms with Gasteiger partial charge in [0.2, 0.25) is 5.91 Å². The van der Waals surface area contributed by atoms with E-state index in [1.807, 2.05) is 29.2 Å². The van der Waals surface area contributed by atoms with Crippen molar-refractivity contribution in [1.29, 1.82) is 0 Å². The Balaban J connectivity index is 1.36. The molecule has 0 spiro atoms. The Bertz CT molecular complexity index is 1290. The molecule has 5 rings (SSSR count). The van der Waals surface area contributed by atoms with Crippen molar-refractivity contribution in [2.45, 2.75) is 51.8 Å². The summed E-state index contributed by atoms with van der Waals surface area (Å²) in [5.74, 6) is 0.333. The third-order valence-corrected chi connectivity index (χ3v) is 6.95. The molecule has 6 heteroatoms. The number of aryl methyl sites for hydroxylation is 1. The van der Waals surface area contributed by atoms with E-state index >= 15 is 0 Å². The molecule has 1 heterocycles. The number of carbonyl (C=O) groups is 2. The molecule has 0 bridgehead atoms. The van der Waals surface area contributed by atoms with Crippen molar-refractivity contribution in [3.63, 3.8) is 0 Å². The number of amides is 2. The average Bonchev–Trinajstić information content (AvgIpc) is 3.72.